The number of carbonyl (C=O) groups is 2. The largest absolute Gasteiger partial charge is 0.481 e. The summed E-state index contributed by atoms with van der Waals surface area (Å²) in [5.41, 5.74) is 2.64. The van der Waals surface area contributed by atoms with E-state index in [4.69, 9.17) is 5.11 Å². The second kappa shape index (κ2) is 8.08. The number of amides is 1. The molecule has 0 bridgehead atoms. The number of nitrogens with one attached hydrogen (secondary N) is 1. The molecule has 1 atom stereocenters. The van der Waals surface area contributed by atoms with Gasteiger partial charge in [0.15, 0.2) is 0 Å². The highest BCUT2D eigenvalue weighted by Gasteiger charge is 2.19. The van der Waals surface area contributed by atoms with Crippen LogP contribution in [0.1, 0.15) is 35.7 Å². The van der Waals surface area contributed by atoms with Crippen LogP contribution in [0.2, 0.25) is 0 Å². The molecule has 0 saturated carbocycles. The number of pyridine rings is 1. The lowest BCUT2D eigenvalue weighted by Crippen LogP contribution is -2.30. The van der Waals surface area contributed by atoms with E-state index >= 15 is 0 Å². The highest BCUT2D eigenvalue weighted by atomic mass is 16.4. The first-order valence-electron chi connectivity index (χ1n) is 7.53. The molecule has 1 amide bonds. The van der Waals surface area contributed by atoms with Crippen LogP contribution in [0.4, 0.5) is 0 Å². The topological polar surface area (TPSA) is 79.3 Å². The smallest absolute Gasteiger partial charge is 0.305 e. The Morgan fingerprint density at radius 3 is 2.57 bits per heavy atom. The molecule has 5 heteroatoms. The van der Waals surface area contributed by atoms with E-state index in [2.05, 4.69) is 10.3 Å². The monoisotopic (exact) mass is 312 g/mol. The number of hydrogen-bond acceptors (Lipinski definition) is 3. The van der Waals surface area contributed by atoms with Gasteiger partial charge in [0.2, 0.25) is 5.91 Å². The Labute approximate surface area is 135 Å². The molecule has 2 rings (SSSR count). The number of aryl methyl sites for hydroxylation is 2. The molecule has 0 fully saturated rings. The van der Waals surface area contributed by atoms with Gasteiger partial charge in [-0.05, 0) is 36.6 Å². The molecule has 0 aliphatic carbocycles. The van der Waals surface area contributed by atoms with Crippen LogP contribution in [0.15, 0.2) is 48.7 Å². The third-order valence-electron chi connectivity index (χ3n) is 3.61. The van der Waals surface area contributed by atoms with E-state index in [0.717, 1.165) is 16.8 Å². The van der Waals surface area contributed by atoms with Gasteiger partial charge in [0.05, 0.1) is 12.5 Å². The Hall–Kier alpha value is -2.69. The second-order valence-corrected chi connectivity index (χ2v) is 5.40. The minimum atomic E-state index is -0.941. The molecule has 1 unspecified atom stereocenters. The van der Waals surface area contributed by atoms with Gasteiger partial charge in [0, 0.05) is 18.3 Å². The zero-order valence-corrected chi connectivity index (χ0v) is 13.0. The first kappa shape index (κ1) is 16.7. The Bertz CT molecular complexity index is 671. The lowest BCUT2D eigenvalue weighted by molar-refractivity contribution is -0.137. The van der Waals surface area contributed by atoms with Gasteiger partial charge in [-0.2, -0.15) is 0 Å². The fourth-order valence-corrected chi connectivity index (χ4v) is 2.45. The van der Waals surface area contributed by atoms with E-state index in [1.165, 1.54) is 0 Å². The Morgan fingerprint density at radius 1 is 1.17 bits per heavy atom. The first-order chi connectivity index (χ1) is 11.1. The van der Waals surface area contributed by atoms with Crippen molar-refractivity contribution in [3.05, 3.63) is 65.5 Å². The van der Waals surface area contributed by atoms with Gasteiger partial charge in [-0.1, -0.05) is 30.3 Å². The summed E-state index contributed by atoms with van der Waals surface area (Å²) in [6, 6.07) is 12.5. The number of benzene rings is 1. The molecule has 5 nitrogen and oxygen atoms in total. The third-order valence-corrected chi connectivity index (χ3v) is 3.61. The molecule has 1 aromatic heterocycles. The normalized spacial score (nSPS) is 11.7. The number of nitrogens with zero attached hydrogens (tertiary/aromatic N) is 1. The van der Waals surface area contributed by atoms with Gasteiger partial charge in [-0.3, -0.25) is 14.6 Å². The number of carboxylic acid groups (broad SMARTS) is 1. The maximum Gasteiger partial charge on any atom is 0.305 e. The van der Waals surface area contributed by atoms with Crippen LogP contribution in [0.25, 0.3) is 0 Å². The van der Waals surface area contributed by atoms with Crippen molar-refractivity contribution in [3.63, 3.8) is 0 Å². The SMILES string of the molecule is Cc1ccccc1C(CC(=O)O)NC(=O)CCc1ccccn1. The predicted molar refractivity (Wildman–Crippen MR) is 86.9 cm³/mol. The average Bonchev–Trinajstić information content (AvgIpc) is 2.53. The molecule has 0 saturated heterocycles. The van der Waals surface area contributed by atoms with Gasteiger partial charge in [-0.25, -0.2) is 0 Å². The highest BCUT2D eigenvalue weighted by molar-refractivity contribution is 5.78. The van der Waals surface area contributed by atoms with Crippen molar-refractivity contribution in [2.24, 2.45) is 0 Å². The van der Waals surface area contributed by atoms with Crippen LogP contribution in [0, 0.1) is 6.92 Å². The molecule has 0 aliphatic heterocycles. The van der Waals surface area contributed by atoms with Crippen LogP contribution in [0.3, 0.4) is 0 Å². The number of aromatic nitrogens is 1. The number of aliphatic carboxylic acids is 1. The van der Waals surface area contributed by atoms with E-state index < -0.39 is 12.0 Å². The van der Waals surface area contributed by atoms with Gasteiger partial charge in [0.25, 0.3) is 0 Å². The Morgan fingerprint density at radius 2 is 1.91 bits per heavy atom. The van der Waals surface area contributed by atoms with Crippen molar-refractivity contribution in [2.45, 2.75) is 32.2 Å². The van der Waals surface area contributed by atoms with Crippen molar-refractivity contribution in [1.29, 1.82) is 0 Å². The summed E-state index contributed by atoms with van der Waals surface area (Å²) in [5.74, 6) is -1.12. The first-order valence-corrected chi connectivity index (χ1v) is 7.53. The van der Waals surface area contributed by atoms with Crippen molar-refractivity contribution < 1.29 is 14.7 Å². The maximum absolute atomic E-state index is 12.2. The maximum atomic E-state index is 12.2. The summed E-state index contributed by atoms with van der Waals surface area (Å²) in [7, 11) is 0. The van der Waals surface area contributed by atoms with Crippen molar-refractivity contribution in [1.82, 2.24) is 10.3 Å². The van der Waals surface area contributed by atoms with E-state index in [-0.39, 0.29) is 18.7 Å². The van der Waals surface area contributed by atoms with Gasteiger partial charge < -0.3 is 10.4 Å². The summed E-state index contributed by atoms with van der Waals surface area (Å²) in [6.45, 7) is 1.91. The summed E-state index contributed by atoms with van der Waals surface area (Å²) >= 11 is 0. The molecule has 0 spiro atoms. The molecule has 1 heterocycles. The van der Waals surface area contributed by atoms with Gasteiger partial charge in [-0.15, -0.1) is 0 Å². The molecule has 1 aromatic carbocycles. The van der Waals surface area contributed by atoms with E-state index in [1.807, 2.05) is 49.4 Å². The van der Waals surface area contributed by atoms with Crippen LogP contribution in [-0.4, -0.2) is 22.0 Å². The van der Waals surface area contributed by atoms with Crippen molar-refractivity contribution >= 4 is 11.9 Å². The third kappa shape index (κ3) is 5.21. The van der Waals surface area contributed by atoms with Crippen LogP contribution < -0.4 is 5.32 Å². The quantitative estimate of drug-likeness (QED) is 0.824. The summed E-state index contributed by atoms with van der Waals surface area (Å²) in [6.07, 6.45) is 2.35. The Balaban J connectivity index is 2.01. The predicted octanol–water partition coefficient (Wildman–Crippen LogP) is 2.65. The van der Waals surface area contributed by atoms with E-state index in [0.29, 0.717) is 6.42 Å². The number of hydrogen-bond donors (Lipinski definition) is 2. The summed E-state index contributed by atoms with van der Waals surface area (Å²) in [5, 5.41) is 11.9. The van der Waals surface area contributed by atoms with Crippen LogP contribution in [0.5, 0.6) is 0 Å². The summed E-state index contributed by atoms with van der Waals surface area (Å²) in [4.78, 5) is 27.4. The lowest BCUT2D eigenvalue weighted by Gasteiger charge is -2.19. The van der Waals surface area contributed by atoms with E-state index in [9.17, 15) is 9.59 Å². The minimum Gasteiger partial charge on any atom is -0.481 e. The lowest BCUT2D eigenvalue weighted by atomic mass is 9.98. The fraction of sp³-hybridized carbons (Fsp3) is 0.278. The summed E-state index contributed by atoms with van der Waals surface area (Å²) < 4.78 is 0. The van der Waals surface area contributed by atoms with Crippen LogP contribution in [-0.2, 0) is 16.0 Å². The zero-order valence-electron chi connectivity index (χ0n) is 13.0. The van der Waals surface area contributed by atoms with Gasteiger partial charge in [0.1, 0.15) is 0 Å². The standard InChI is InChI=1S/C18H20N2O3/c1-13-6-2-3-8-15(13)16(12-18(22)23)20-17(21)10-9-14-7-4-5-11-19-14/h2-8,11,16H,9-10,12H2,1H3,(H,20,21)(H,22,23). The minimum absolute atomic E-state index is 0.139. The molecule has 2 N–H and O–H groups in total. The van der Waals surface area contributed by atoms with Gasteiger partial charge >= 0.3 is 5.97 Å². The number of carbonyl (C=O) groups excluding carboxylic acids is 1. The molecule has 2 aromatic rings. The molecular weight excluding hydrogens is 292 g/mol. The van der Waals surface area contributed by atoms with E-state index in [1.54, 1.807) is 6.20 Å². The second-order valence-electron chi connectivity index (χ2n) is 5.40. The molecule has 23 heavy (non-hydrogen) atoms. The average molecular weight is 312 g/mol. The number of carboxylic acids is 1. The van der Waals surface area contributed by atoms with Crippen molar-refractivity contribution in [2.75, 3.05) is 0 Å². The molecular formula is C18H20N2O3. The molecule has 0 aliphatic rings. The zero-order chi connectivity index (χ0) is 16.7. The molecule has 120 valence electrons. The Kier molecular flexibility index (Phi) is 5.86. The highest BCUT2D eigenvalue weighted by Crippen LogP contribution is 2.21. The fourth-order valence-electron chi connectivity index (χ4n) is 2.45. The number of rotatable bonds is 7. The van der Waals surface area contributed by atoms with Crippen LogP contribution >= 0.6 is 0 Å². The van der Waals surface area contributed by atoms with Crippen molar-refractivity contribution in [3.8, 4) is 0 Å². The molecule has 0 radical (unpaired) electrons.